The number of aryl methyl sites for hydroxylation is 3. The number of nitrogens with zero attached hydrogens (tertiary/aromatic N) is 1. The zero-order valence-electron chi connectivity index (χ0n) is 17.8. The molecule has 0 atom stereocenters. The number of hydrogen-bond donors (Lipinski definition) is 0. The molecule has 0 amide bonds. The van der Waals surface area contributed by atoms with E-state index in [9.17, 15) is 12.8 Å². The van der Waals surface area contributed by atoms with E-state index in [0.717, 1.165) is 24.5 Å². The smallest absolute Gasteiger partial charge is 0.207 e. The molecule has 0 bridgehead atoms. The number of rotatable bonds is 5. The van der Waals surface area contributed by atoms with Crippen molar-refractivity contribution in [2.45, 2.75) is 31.1 Å². The maximum absolute atomic E-state index is 13.7. The molecule has 1 aliphatic rings. The highest BCUT2D eigenvalue weighted by molar-refractivity contribution is 7.89. The van der Waals surface area contributed by atoms with Gasteiger partial charge in [-0.1, -0.05) is 60.7 Å². The summed E-state index contributed by atoms with van der Waals surface area (Å²) in [4.78, 5) is 0.0211. The van der Waals surface area contributed by atoms with Crippen molar-refractivity contribution in [3.05, 3.63) is 106 Å². The number of fused-ring (bicyclic) bond motifs is 2. The van der Waals surface area contributed by atoms with E-state index in [1.165, 1.54) is 38.7 Å². The van der Waals surface area contributed by atoms with Crippen molar-refractivity contribution in [3.8, 4) is 0 Å². The summed E-state index contributed by atoms with van der Waals surface area (Å²) in [5, 5.41) is 0. The van der Waals surface area contributed by atoms with Crippen molar-refractivity contribution < 1.29 is 12.8 Å². The Kier molecular flexibility index (Phi) is 6.08. The van der Waals surface area contributed by atoms with E-state index in [-0.39, 0.29) is 4.90 Å². The van der Waals surface area contributed by atoms with Crippen LogP contribution in [0.15, 0.2) is 77.7 Å². The summed E-state index contributed by atoms with van der Waals surface area (Å²) in [5.41, 5.74) is 6.72. The third-order valence-corrected chi connectivity index (χ3v) is 7.91. The predicted molar refractivity (Wildman–Crippen MR) is 123 cm³/mol. The van der Waals surface area contributed by atoms with Crippen molar-refractivity contribution in [3.63, 3.8) is 0 Å². The third-order valence-electron chi connectivity index (χ3n) is 5.91. The highest BCUT2D eigenvalue weighted by Crippen LogP contribution is 2.33. The minimum absolute atomic E-state index is 0.0211. The molecule has 3 nitrogen and oxygen atoms in total. The Morgan fingerprint density at radius 3 is 2.13 bits per heavy atom. The van der Waals surface area contributed by atoms with Gasteiger partial charge >= 0.3 is 0 Å². The second-order valence-electron chi connectivity index (χ2n) is 7.96. The van der Waals surface area contributed by atoms with Crippen molar-refractivity contribution >= 4 is 15.6 Å². The van der Waals surface area contributed by atoms with Gasteiger partial charge in [-0.3, -0.25) is 0 Å². The highest BCUT2D eigenvalue weighted by atomic mass is 32.2. The Bertz CT molecular complexity index is 1200. The Labute approximate surface area is 183 Å². The lowest BCUT2D eigenvalue weighted by molar-refractivity contribution is 0.474. The Hall–Kier alpha value is -2.76. The van der Waals surface area contributed by atoms with E-state index < -0.39 is 15.8 Å². The van der Waals surface area contributed by atoms with Crippen LogP contribution in [0.25, 0.3) is 5.57 Å². The SMILES string of the molecule is Cc1ccc(F)cc1S(=O)(=O)N(C)CCC=C1c2ccccc2CCc2ccccc21. The van der Waals surface area contributed by atoms with Crippen LogP contribution < -0.4 is 0 Å². The number of benzene rings is 3. The maximum atomic E-state index is 13.7. The van der Waals surface area contributed by atoms with E-state index in [4.69, 9.17) is 0 Å². The Morgan fingerprint density at radius 1 is 0.935 bits per heavy atom. The van der Waals surface area contributed by atoms with E-state index in [2.05, 4.69) is 42.5 Å². The van der Waals surface area contributed by atoms with Gasteiger partial charge in [-0.2, -0.15) is 0 Å². The van der Waals surface area contributed by atoms with Crippen LogP contribution in [0, 0.1) is 12.7 Å². The van der Waals surface area contributed by atoms with Crippen molar-refractivity contribution in [2.75, 3.05) is 13.6 Å². The first-order valence-corrected chi connectivity index (χ1v) is 11.9. The summed E-state index contributed by atoms with van der Waals surface area (Å²) in [6.45, 7) is 1.99. The van der Waals surface area contributed by atoms with E-state index in [0.29, 0.717) is 18.5 Å². The zero-order valence-corrected chi connectivity index (χ0v) is 18.6. The van der Waals surface area contributed by atoms with Crippen molar-refractivity contribution in [2.24, 2.45) is 0 Å². The normalized spacial score (nSPS) is 13.5. The van der Waals surface area contributed by atoms with Crippen LogP contribution in [-0.4, -0.2) is 26.3 Å². The summed E-state index contributed by atoms with van der Waals surface area (Å²) in [5.74, 6) is -0.550. The van der Waals surface area contributed by atoms with Gasteiger partial charge in [0.15, 0.2) is 0 Å². The van der Waals surface area contributed by atoms with Gasteiger partial charge < -0.3 is 0 Å². The molecule has 31 heavy (non-hydrogen) atoms. The molecular formula is C26H26FNO2S. The van der Waals surface area contributed by atoms with Gasteiger partial charge in [0.25, 0.3) is 0 Å². The molecule has 0 unspecified atom stereocenters. The summed E-state index contributed by atoms with van der Waals surface area (Å²) < 4.78 is 40.9. The van der Waals surface area contributed by atoms with E-state index in [1.54, 1.807) is 14.0 Å². The molecule has 0 spiro atoms. The average Bonchev–Trinajstić information content (AvgIpc) is 2.92. The number of halogens is 1. The van der Waals surface area contributed by atoms with Crippen LogP contribution >= 0.6 is 0 Å². The fourth-order valence-corrected chi connectivity index (χ4v) is 5.59. The Balaban J connectivity index is 1.62. The van der Waals surface area contributed by atoms with E-state index >= 15 is 0 Å². The topological polar surface area (TPSA) is 37.4 Å². The molecule has 1 aliphatic carbocycles. The van der Waals surface area contributed by atoms with Crippen LogP contribution in [0.1, 0.15) is 34.2 Å². The molecule has 160 valence electrons. The monoisotopic (exact) mass is 435 g/mol. The van der Waals surface area contributed by atoms with Crippen LogP contribution in [-0.2, 0) is 22.9 Å². The molecule has 5 heteroatoms. The predicted octanol–water partition coefficient (Wildman–Crippen LogP) is 5.38. The molecule has 0 aliphatic heterocycles. The van der Waals surface area contributed by atoms with Crippen LogP contribution in [0.2, 0.25) is 0 Å². The molecule has 0 saturated heterocycles. The lowest BCUT2D eigenvalue weighted by atomic mass is 9.93. The van der Waals surface area contributed by atoms with Gasteiger partial charge in [0.1, 0.15) is 5.82 Å². The molecule has 3 aromatic carbocycles. The Morgan fingerprint density at radius 2 is 1.52 bits per heavy atom. The van der Waals surface area contributed by atoms with Gasteiger partial charge in [0, 0.05) is 13.6 Å². The van der Waals surface area contributed by atoms with Crippen LogP contribution in [0.4, 0.5) is 4.39 Å². The van der Waals surface area contributed by atoms with Gasteiger partial charge in [-0.15, -0.1) is 0 Å². The fourth-order valence-electron chi connectivity index (χ4n) is 4.17. The molecule has 3 aromatic rings. The zero-order chi connectivity index (χ0) is 22.0. The second-order valence-corrected chi connectivity index (χ2v) is 9.97. The van der Waals surface area contributed by atoms with Crippen molar-refractivity contribution in [1.29, 1.82) is 0 Å². The molecule has 0 N–H and O–H groups in total. The van der Waals surface area contributed by atoms with Crippen LogP contribution in [0.3, 0.4) is 0 Å². The second kappa shape index (κ2) is 8.77. The molecular weight excluding hydrogens is 409 g/mol. The first kappa shape index (κ1) is 21.5. The third kappa shape index (κ3) is 4.34. The van der Waals surface area contributed by atoms with Crippen LogP contribution in [0.5, 0.6) is 0 Å². The highest BCUT2D eigenvalue weighted by Gasteiger charge is 2.23. The lowest BCUT2D eigenvalue weighted by Gasteiger charge is -2.18. The summed E-state index contributed by atoms with van der Waals surface area (Å²) >= 11 is 0. The van der Waals surface area contributed by atoms with Gasteiger partial charge in [0.2, 0.25) is 10.0 Å². The van der Waals surface area contributed by atoms with E-state index in [1.807, 2.05) is 12.1 Å². The summed E-state index contributed by atoms with van der Waals surface area (Å²) in [6.07, 6.45) is 4.66. The largest absolute Gasteiger partial charge is 0.243 e. The lowest BCUT2D eigenvalue weighted by Crippen LogP contribution is -2.28. The number of hydrogen-bond acceptors (Lipinski definition) is 2. The average molecular weight is 436 g/mol. The first-order valence-electron chi connectivity index (χ1n) is 10.5. The molecule has 0 heterocycles. The standard InChI is InChI=1S/C26H26FNO2S/c1-19-13-16-22(27)18-26(19)31(29,30)28(2)17-7-12-25-23-10-5-3-8-20(23)14-15-21-9-4-6-11-24(21)25/h3-6,8-13,16,18H,7,14-15,17H2,1-2H3. The molecule has 0 fully saturated rings. The van der Waals surface area contributed by atoms with Gasteiger partial charge in [-0.25, -0.2) is 17.1 Å². The molecule has 0 radical (unpaired) electrons. The summed E-state index contributed by atoms with van der Waals surface area (Å²) in [7, 11) is -2.21. The van der Waals surface area contributed by atoms with Crippen molar-refractivity contribution in [1.82, 2.24) is 4.31 Å². The molecule has 0 aromatic heterocycles. The quantitative estimate of drug-likeness (QED) is 0.540. The summed E-state index contributed by atoms with van der Waals surface area (Å²) in [6, 6.07) is 20.7. The molecule has 4 rings (SSSR count). The fraction of sp³-hybridized carbons (Fsp3) is 0.231. The van der Waals surface area contributed by atoms with Gasteiger partial charge in [-0.05, 0) is 71.7 Å². The first-order chi connectivity index (χ1) is 14.9. The maximum Gasteiger partial charge on any atom is 0.243 e. The molecule has 0 saturated carbocycles. The minimum Gasteiger partial charge on any atom is -0.207 e. The minimum atomic E-state index is -3.76. The van der Waals surface area contributed by atoms with Gasteiger partial charge in [0.05, 0.1) is 4.90 Å². The number of sulfonamides is 1.